The number of aryl methyl sites for hydroxylation is 1. The van der Waals surface area contributed by atoms with Crippen molar-refractivity contribution in [1.82, 2.24) is 19.7 Å². The van der Waals surface area contributed by atoms with E-state index in [2.05, 4.69) is 15.0 Å². The van der Waals surface area contributed by atoms with Crippen molar-refractivity contribution in [3.8, 4) is 5.75 Å². The van der Waals surface area contributed by atoms with E-state index in [1.807, 2.05) is 37.4 Å². The number of rotatable bonds is 7. The van der Waals surface area contributed by atoms with Gasteiger partial charge >= 0.3 is 5.97 Å². The summed E-state index contributed by atoms with van der Waals surface area (Å²) in [6, 6.07) is 10.7. The molecule has 0 unspecified atom stereocenters. The third kappa shape index (κ3) is 4.35. The quantitative estimate of drug-likeness (QED) is 0.334. The molecule has 36 heavy (non-hydrogen) atoms. The maximum Gasteiger partial charge on any atom is 0.336 e. The molecule has 0 spiro atoms. The van der Waals surface area contributed by atoms with Crippen LogP contribution in [0.25, 0.3) is 10.9 Å². The van der Waals surface area contributed by atoms with Gasteiger partial charge in [0.15, 0.2) is 0 Å². The Bertz CT molecular complexity index is 1400. The molecule has 1 fully saturated rings. The number of nitrogens with zero attached hydrogens (tertiary/aromatic N) is 3. The van der Waals surface area contributed by atoms with Gasteiger partial charge in [0, 0.05) is 48.0 Å². The number of benzene rings is 2. The van der Waals surface area contributed by atoms with Crippen molar-refractivity contribution in [3.05, 3.63) is 82.8 Å². The van der Waals surface area contributed by atoms with Crippen LogP contribution in [-0.4, -0.2) is 44.4 Å². The molecule has 0 amide bonds. The molecule has 0 saturated carbocycles. The Morgan fingerprint density at radius 1 is 1.31 bits per heavy atom. The van der Waals surface area contributed by atoms with Crippen LogP contribution < -0.4 is 4.74 Å². The number of methoxy groups -OCH3 is 1. The lowest BCUT2D eigenvalue weighted by molar-refractivity contribution is 0.0681. The van der Waals surface area contributed by atoms with Gasteiger partial charge in [-0.1, -0.05) is 18.2 Å². The summed E-state index contributed by atoms with van der Waals surface area (Å²) in [6.07, 6.45) is 3.16. The monoisotopic (exact) mass is 494 g/mol. The number of carboxylic acids is 1. The van der Waals surface area contributed by atoms with E-state index in [1.54, 1.807) is 23.9 Å². The average Bonchev–Trinajstić information content (AvgIpc) is 3.57. The highest BCUT2D eigenvalue weighted by molar-refractivity contribution is 5.90. The number of likely N-dealkylation sites (tertiary alicyclic amines) is 1. The molecule has 1 aliphatic rings. The fourth-order valence-corrected chi connectivity index (χ4v) is 5.38. The minimum Gasteiger partial charge on any atom is -0.496 e. The Hall–Kier alpha value is -3.72. The SMILES string of the molecule is COc1cc(C)c2[nH]ccc2c1CN1CC[C@@H](n2cc(C(F)F)cn2)C[C@@H]1c1ccccc1C(=O)O. The van der Waals surface area contributed by atoms with Crippen LogP contribution in [0.2, 0.25) is 0 Å². The predicted octanol–water partition coefficient (Wildman–Crippen LogP) is 5.90. The van der Waals surface area contributed by atoms with Gasteiger partial charge in [-0.3, -0.25) is 9.58 Å². The first kappa shape index (κ1) is 24.0. The molecule has 4 aromatic rings. The molecule has 188 valence electrons. The van der Waals surface area contributed by atoms with E-state index >= 15 is 0 Å². The number of halogens is 2. The Kier molecular flexibility index (Phi) is 6.49. The molecule has 2 N–H and O–H groups in total. The molecule has 1 saturated heterocycles. The van der Waals surface area contributed by atoms with E-state index < -0.39 is 12.4 Å². The lowest BCUT2D eigenvalue weighted by Gasteiger charge is -2.40. The topological polar surface area (TPSA) is 83.4 Å². The van der Waals surface area contributed by atoms with Crippen LogP contribution in [0.5, 0.6) is 5.75 Å². The summed E-state index contributed by atoms with van der Waals surface area (Å²) in [6.45, 7) is 3.21. The number of alkyl halides is 2. The van der Waals surface area contributed by atoms with Gasteiger partial charge in [-0.15, -0.1) is 0 Å². The van der Waals surface area contributed by atoms with Crippen molar-refractivity contribution in [1.29, 1.82) is 0 Å². The van der Waals surface area contributed by atoms with Crippen molar-refractivity contribution < 1.29 is 23.4 Å². The second-order valence-electron chi connectivity index (χ2n) is 9.25. The largest absolute Gasteiger partial charge is 0.496 e. The number of fused-ring (bicyclic) bond motifs is 1. The number of H-pyrrole nitrogens is 1. The highest BCUT2D eigenvalue weighted by Gasteiger charge is 2.34. The first-order valence-corrected chi connectivity index (χ1v) is 11.9. The normalized spacial score (nSPS) is 18.7. The molecule has 2 atom stereocenters. The molecule has 0 bridgehead atoms. The summed E-state index contributed by atoms with van der Waals surface area (Å²) in [5, 5.41) is 15.2. The van der Waals surface area contributed by atoms with Crippen LogP contribution in [0.1, 0.15) is 64.0 Å². The lowest BCUT2D eigenvalue weighted by Crippen LogP contribution is -2.38. The van der Waals surface area contributed by atoms with E-state index in [-0.39, 0.29) is 23.2 Å². The molecule has 7 nitrogen and oxygen atoms in total. The van der Waals surface area contributed by atoms with Gasteiger partial charge in [-0.05, 0) is 49.1 Å². The first-order chi connectivity index (χ1) is 17.4. The number of ether oxygens (including phenoxy) is 1. The number of hydrogen-bond donors (Lipinski definition) is 2. The lowest BCUT2D eigenvalue weighted by atomic mass is 9.88. The Morgan fingerprint density at radius 3 is 2.83 bits per heavy atom. The van der Waals surface area contributed by atoms with Crippen LogP contribution in [0.4, 0.5) is 8.78 Å². The molecular formula is C27H28F2N4O3. The zero-order valence-electron chi connectivity index (χ0n) is 20.1. The molecule has 9 heteroatoms. The van der Waals surface area contributed by atoms with Gasteiger partial charge in [0.2, 0.25) is 0 Å². The maximum absolute atomic E-state index is 13.2. The number of piperidine rings is 1. The highest BCUT2D eigenvalue weighted by Crippen LogP contribution is 2.41. The van der Waals surface area contributed by atoms with Gasteiger partial charge in [0.25, 0.3) is 6.43 Å². The minimum absolute atomic E-state index is 0.112. The van der Waals surface area contributed by atoms with Crippen molar-refractivity contribution in [3.63, 3.8) is 0 Å². The van der Waals surface area contributed by atoms with Crippen LogP contribution in [0, 0.1) is 6.92 Å². The van der Waals surface area contributed by atoms with E-state index in [0.717, 1.165) is 27.8 Å². The van der Waals surface area contributed by atoms with Gasteiger partial charge in [-0.25, -0.2) is 13.6 Å². The summed E-state index contributed by atoms with van der Waals surface area (Å²) in [7, 11) is 1.65. The van der Waals surface area contributed by atoms with Crippen LogP contribution in [0.15, 0.2) is 55.0 Å². The Morgan fingerprint density at radius 2 is 2.11 bits per heavy atom. The molecule has 5 rings (SSSR count). The minimum atomic E-state index is -2.58. The third-order valence-corrected chi connectivity index (χ3v) is 7.18. The fraction of sp³-hybridized carbons (Fsp3) is 0.333. The van der Waals surface area contributed by atoms with Crippen molar-refractivity contribution in [2.75, 3.05) is 13.7 Å². The second-order valence-corrected chi connectivity index (χ2v) is 9.25. The Labute approximate surface area is 207 Å². The predicted molar refractivity (Wildman–Crippen MR) is 132 cm³/mol. The number of nitrogens with one attached hydrogen (secondary N) is 1. The Balaban J connectivity index is 1.54. The average molecular weight is 495 g/mol. The summed E-state index contributed by atoms with van der Waals surface area (Å²) >= 11 is 0. The molecule has 0 radical (unpaired) electrons. The number of aromatic nitrogens is 3. The highest BCUT2D eigenvalue weighted by atomic mass is 19.3. The van der Waals surface area contributed by atoms with E-state index in [0.29, 0.717) is 31.5 Å². The summed E-state index contributed by atoms with van der Waals surface area (Å²) in [4.78, 5) is 17.7. The summed E-state index contributed by atoms with van der Waals surface area (Å²) < 4.78 is 33.7. The molecule has 2 aromatic heterocycles. The van der Waals surface area contributed by atoms with E-state index in [4.69, 9.17) is 4.74 Å². The number of carbonyl (C=O) groups is 1. The molecule has 1 aliphatic heterocycles. The molecule has 0 aliphatic carbocycles. The number of hydrogen-bond acceptors (Lipinski definition) is 4. The van der Waals surface area contributed by atoms with E-state index in [9.17, 15) is 18.7 Å². The van der Waals surface area contributed by atoms with Crippen LogP contribution >= 0.6 is 0 Å². The smallest absolute Gasteiger partial charge is 0.336 e. The zero-order valence-corrected chi connectivity index (χ0v) is 20.1. The van der Waals surface area contributed by atoms with Crippen LogP contribution in [0.3, 0.4) is 0 Å². The maximum atomic E-state index is 13.2. The van der Waals surface area contributed by atoms with E-state index in [1.165, 1.54) is 12.4 Å². The summed E-state index contributed by atoms with van der Waals surface area (Å²) in [5.74, 6) is -0.215. The van der Waals surface area contributed by atoms with Gasteiger partial charge in [0.05, 0.1) is 30.5 Å². The van der Waals surface area contributed by atoms with Gasteiger partial charge in [0.1, 0.15) is 5.75 Å². The van der Waals surface area contributed by atoms with Crippen molar-refractivity contribution in [2.24, 2.45) is 0 Å². The fourth-order valence-electron chi connectivity index (χ4n) is 5.38. The zero-order chi connectivity index (χ0) is 25.4. The molecule has 2 aromatic carbocycles. The number of aromatic carboxylic acids is 1. The van der Waals surface area contributed by atoms with Crippen molar-refractivity contribution in [2.45, 2.75) is 44.8 Å². The number of carboxylic acid groups (broad SMARTS) is 1. The molecular weight excluding hydrogens is 466 g/mol. The van der Waals surface area contributed by atoms with Crippen LogP contribution in [-0.2, 0) is 6.54 Å². The summed E-state index contributed by atoms with van der Waals surface area (Å²) in [5.41, 5.74) is 3.97. The second kappa shape index (κ2) is 9.73. The standard InChI is InChI=1S/C27H28F2N4O3/c1-16-11-24(36-2)22(20-7-9-30-25(16)20)15-32-10-8-18(33-14-17(13-31-33)26(28)29)12-23(32)19-5-3-4-6-21(19)27(34)35/h3-7,9,11,13-14,18,23,26,30H,8,10,12,15H2,1-2H3,(H,34,35)/t18-,23-/m1/s1. The number of aromatic amines is 1. The third-order valence-electron chi connectivity index (χ3n) is 7.18. The van der Waals surface area contributed by atoms with Gasteiger partial charge in [-0.2, -0.15) is 5.10 Å². The van der Waals surface area contributed by atoms with Gasteiger partial charge < -0.3 is 14.8 Å². The first-order valence-electron chi connectivity index (χ1n) is 11.9. The molecule has 3 heterocycles. The van der Waals surface area contributed by atoms with Crippen molar-refractivity contribution >= 4 is 16.9 Å².